The van der Waals surface area contributed by atoms with Crippen molar-refractivity contribution in [3.63, 3.8) is 0 Å². The fourth-order valence-electron chi connectivity index (χ4n) is 4.60. The molecule has 0 spiro atoms. The molecule has 3 saturated heterocycles. The summed E-state index contributed by atoms with van der Waals surface area (Å²) in [6.45, 7) is 8.18. The minimum Gasteiger partial charge on any atom is -0.322 e. The number of nitrogens with zero attached hydrogens (tertiary/aromatic N) is 2. The molecule has 3 fully saturated rings. The third kappa shape index (κ3) is 3.03. The minimum absolute atomic E-state index is 0.0300. The SMILES string of the molecule is C=C1C[C@@H]2C(=O)N([C@@H](C)c3ccccc3)[C@H](C1)C(=O)N2[C@@H](C)c1ccccc1. The van der Waals surface area contributed by atoms with Crippen molar-refractivity contribution < 1.29 is 9.59 Å². The van der Waals surface area contributed by atoms with Crippen LogP contribution in [0.25, 0.3) is 0 Å². The van der Waals surface area contributed by atoms with Crippen LogP contribution in [0.3, 0.4) is 0 Å². The fourth-order valence-corrected chi connectivity index (χ4v) is 4.60. The van der Waals surface area contributed by atoms with Gasteiger partial charge in [-0.25, -0.2) is 0 Å². The lowest BCUT2D eigenvalue weighted by molar-refractivity contribution is -0.165. The van der Waals surface area contributed by atoms with Gasteiger partial charge in [-0.1, -0.05) is 72.8 Å². The predicted octanol–water partition coefficient (Wildman–Crippen LogP) is 4.27. The first kappa shape index (κ1) is 18.5. The second-order valence-corrected chi connectivity index (χ2v) is 7.85. The Kier molecular flexibility index (Phi) is 4.80. The highest BCUT2D eigenvalue weighted by molar-refractivity contribution is 5.98. The highest BCUT2D eigenvalue weighted by atomic mass is 16.2. The first-order valence-electron chi connectivity index (χ1n) is 9.90. The van der Waals surface area contributed by atoms with Crippen molar-refractivity contribution in [2.75, 3.05) is 0 Å². The third-order valence-electron chi connectivity index (χ3n) is 6.11. The van der Waals surface area contributed by atoms with E-state index in [0.717, 1.165) is 16.7 Å². The van der Waals surface area contributed by atoms with Crippen molar-refractivity contribution in [3.8, 4) is 0 Å². The average molecular weight is 374 g/mol. The van der Waals surface area contributed by atoms with Crippen LogP contribution in [0.4, 0.5) is 0 Å². The summed E-state index contributed by atoms with van der Waals surface area (Å²) in [7, 11) is 0. The van der Waals surface area contributed by atoms with Gasteiger partial charge in [-0.2, -0.15) is 0 Å². The van der Waals surface area contributed by atoms with Crippen LogP contribution in [-0.2, 0) is 9.59 Å². The van der Waals surface area contributed by atoms with E-state index in [1.54, 1.807) is 9.80 Å². The quantitative estimate of drug-likeness (QED) is 0.750. The zero-order chi connectivity index (χ0) is 19.8. The van der Waals surface area contributed by atoms with Crippen LogP contribution in [0.2, 0.25) is 0 Å². The normalized spacial score (nSPS) is 24.3. The molecule has 3 heterocycles. The molecule has 3 aliphatic heterocycles. The molecule has 0 N–H and O–H groups in total. The molecule has 2 bridgehead atoms. The maximum Gasteiger partial charge on any atom is 0.246 e. The summed E-state index contributed by atoms with van der Waals surface area (Å²) in [6.07, 6.45) is 1.08. The van der Waals surface area contributed by atoms with E-state index < -0.39 is 12.1 Å². The number of rotatable bonds is 4. The van der Waals surface area contributed by atoms with Gasteiger partial charge >= 0.3 is 0 Å². The Labute approximate surface area is 166 Å². The molecule has 0 aromatic heterocycles. The number of carbonyl (C=O) groups excluding carboxylic acids is 2. The number of carbonyl (C=O) groups is 2. The van der Waals surface area contributed by atoms with Crippen molar-refractivity contribution in [3.05, 3.63) is 83.9 Å². The van der Waals surface area contributed by atoms with Crippen molar-refractivity contribution in [2.45, 2.75) is 50.9 Å². The maximum absolute atomic E-state index is 13.5. The van der Waals surface area contributed by atoms with E-state index in [4.69, 9.17) is 0 Å². The second-order valence-electron chi connectivity index (χ2n) is 7.85. The van der Waals surface area contributed by atoms with Gasteiger partial charge < -0.3 is 9.80 Å². The fraction of sp³-hybridized carbons (Fsp3) is 0.333. The first-order valence-corrected chi connectivity index (χ1v) is 9.90. The number of fused-ring (bicyclic) bond motifs is 4. The minimum atomic E-state index is -0.486. The molecule has 28 heavy (non-hydrogen) atoms. The van der Waals surface area contributed by atoms with Gasteiger partial charge in [-0.15, -0.1) is 0 Å². The largest absolute Gasteiger partial charge is 0.322 e. The van der Waals surface area contributed by atoms with Gasteiger partial charge in [0, 0.05) is 0 Å². The Bertz CT molecular complexity index is 820. The zero-order valence-corrected chi connectivity index (χ0v) is 16.4. The summed E-state index contributed by atoms with van der Waals surface area (Å²) in [4.78, 5) is 30.7. The highest BCUT2D eigenvalue weighted by Crippen LogP contribution is 2.40. The lowest BCUT2D eigenvalue weighted by atomic mass is 9.96. The standard InChI is InChI=1S/C24H26N2O2/c1-16-14-21-24(28)26(18(3)20-12-8-5-9-13-20)22(15-16)23(27)25(21)17(2)19-10-6-4-7-11-19/h4-13,17-18,21-22H,1,14-15H2,2-3H3/t17-,18-,21+,22+/m0/s1. The van der Waals surface area contributed by atoms with E-state index in [-0.39, 0.29) is 23.9 Å². The summed E-state index contributed by atoms with van der Waals surface area (Å²) in [5.41, 5.74) is 3.07. The van der Waals surface area contributed by atoms with E-state index in [1.165, 1.54) is 0 Å². The molecule has 0 aliphatic carbocycles. The van der Waals surface area contributed by atoms with Crippen molar-refractivity contribution in [2.24, 2.45) is 0 Å². The molecular weight excluding hydrogens is 348 g/mol. The van der Waals surface area contributed by atoms with Crippen molar-refractivity contribution in [1.29, 1.82) is 0 Å². The molecule has 0 radical (unpaired) electrons. The summed E-state index contributed by atoms with van der Waals surface area (Å²) < 4.78 is 0. The number of hydrogen-bond acceptors (Lipinski definition) is 2. The molecule has 4 atom stereocenters. The second kappa shape index (κ2) is 7.27. The van der Waals surface area contributed by atoms with Crippen LogP contribution < -0.4 is 0 Å². The molecule has 2 amide bonds. The summed E-state index contributed by atoms with van der Waals surface area (Å²) in [5, 5.41) is 0. The average Bonchev–Trinajstić information content (AvgIpc) is 2.93. The van der Waals surface area contributed by atoms with Gasteiger partial charge in [-0.3, -0.25) is 9.59 Å². The zero-order valence-electron chi connectivity index (χ0n) is 16.4. The molecule has 5 rings (SSSR count). The van der Waals surface area contributed by atoms with E-state index in [0.29, 0.717) is 12.8 Å². The van der Waals surface area contributed by atoms with Crippen LogP contribution in [-0.4, -0.2) is 33.7 Å². The molecule has 4 nitrogen and oxygen atoms in total. The van der Waals surface area contributed by atoms with Gasteiger partial charge in [0.15, 0.2) is 0 Å². The van der Waals surface area contributed by atoms with Crippen molar-refractivity contribution in [1.82, 2.24) is 9.80 Å². The van der Waals surface area contributed by atoms with Crippen molar-refractivity contribution >= 4 is 11.8 Å². The topological polar surface area (TPSA) is 40.6 Å². The number of piperazine rings is 1. The molecule has 144 valence electrons. The first-order chi connectivity index (χ1) is 13.5. The number of amides is 2. The molecule has 0 saturated carbocycles. The van der Waals surface area contributed by atoms with Crippen LogP contribution >= 0.6 is 0 Å². The predicted molar refractivity (Wildman–Crippen MR) is 109 cm³/mol. The van der Waals surface area contributed by atoms with Crippen LogP contribution in [0, 0.1) is 0 Å². The summed E-state index contributed by atoms with van der Waals surface area (Å²) in [5.74, 6) is 0.0600. The molecule has 2 aromatic carbocycles. The Balaban J connectivity index is 1.72. The Morgan fingerprint density at radius 2 is 1.11 bits per heavy atom. The number of benzene rings is 2. The highest BCUT2D eigenvalue weighted by Gasteiger charge is 2.51. The van der Waals surface area contributed by atoms with Gasteiger partial charge in [-0.05, 0) is 37.8 Å². The lowest BCUT2D eigenvalue weighted by Crippen LogP contribution is -2.63. The van der Waals surface area contributed by atoms with E-state index in [2.05, 4.69) is 6.58 Å². The Hall–Kier alpha value is -2.88. The van der Waals surface area contributed by atoms with Gasteiger partial charge in [0.25, 0.3) is 0 Å². The van der Waals surface area contributed by atoms with Gasteiger partial charge in [0.05, 0.1) is 12.1 Å². The smallest absolute Gasteiger partial charge is 0.246 e. The molecule has 0 unspecified atom stereocenters. The van der Waals surface area contributed by atoms with Gasteiger partial charge in [0.1, 0.15) is 12.1 Å². The Morgan fingerprint density at radius 3 is 1.46 bits per heavy atom. The molecular formula is C24H26N2O2. The van der Waals surface area contributed by atoms with Crippen LogP contribution in [0.15, 0.2) is 72.8 Å². The third-order valence-corrected chi connectivity index (χ3v) is 6.11. The lowest BCUT2D eigenvalue weighted by Gasteiger charge is -2.47. The monoisotopic (exact) mass is 374 g/mol. The van der Waals surface area contributed by atoms with E-state index in [1.807, 2.05) is 74.5 Å². The molecule has 4 heteroatoms. The maximum atomic E-state index is 13.5. The summed E-state index contributed by atoms with van der Waals surface area (Å²) in [6, 6.07) is 18.6. The van der Waals surface area contributed by atoms with E-state index >= 15 is 0 Å². The summed E-state index contributed by atoms with van der Waals surface area (Å²) >= 11 is 0. The van der Waals surface area contributed by atoms with E-state index in [9.17, 15) is 9.59 Å². The van der Waals surface area contributed by atoms with Gasteiger partial charge in [0.2, 0.25) is 11.8 Å². The number of hydrogen-bond donors (Lipinski definition) is 0. The Morgan fingerprint density at radius 1 is 0.750 bits per heavy atom. The van der Waals surface area contributed by atoms with Crippen LogP contribution in [0.1, 0.15) is 49.9 Å². The van der Waals surface area contributed by atoms with Crippen LogP contribution in [0.5, 0.6) is 0 Å². The molecule has 3 aliphatic rings. The molecule has 2 aromatic rings.